The summed E-state index contributed by atoms with van der Waals surface area (Å²) >= 11 is 0. The number of allylic oxidation sites excluding steroid dienone is 16. The average molecular weight is 758 g/mol. The SMILES string of the molecule is C=C/C=C\C(=C)/C(C)=C/C(=C\C)C(/C=C)=C/C=C(\C)N(C1=CCC2C(=C1)C(C)(C)c1ccccc12)c1ccc2c(c1)-c1c(ccc(-c3ccccc3C)c1C)C2(C)C. The maximum absolute atomic E-state index is 4.26. The van der Waals surface area contributed by atoms with Crippen LogP contribution in [0, 0.1) is 13.8 Å². The highest BCUT2D eigenvalue weighted by molar-refractivity contribution is 5.90. The van der Waals surface area contributed by atoms with Gasteiger partial charge in [0, 0.05) is 33.8 Å². The van der Waals surface area contributed by atoms with Gasteiger partial charge in [-0.1, -0.05) is 168 Å². The van der Waals surface area contributed by atoms with E-state index in [0.717, 1.165) is 40.1 Å². The van der Waals surface area contributed by atoms with Crippen molar-refractivity contribution in [1.29, 1.82) is 0 Å². The molecule has 0 aromatic heterocycles. The molecule has 0 aliphatic heterocycles. The van der Waals surface area contributed by atoms with E-state index in [-0.39, 0.29) is 10.8 Å². The van der Waals surface area contributed by atoms with Gasteiger partial charge in [0.15, 0.2) is 0 Å². The summed E-state index contributed by atoms with van der Waals surface area (Å²) in [5.41, 5.74) is 22.6. The fourth-order valence-electron chi connectivity index (χ4n) is 9.69. The zero-order valence-electron chi connectivity index (χ0n) is 36.1. The molecular formula is C57H59N. The van der Waals surface area contributed by atoms with Crippen molar-refractivity contribution in [2.75, 3.05) is 4.90 Å². The van der Waals surface area contributed by atoms with E-state index in [4.69, 9.17) is 0 Å². The van der Waals surface area contributed by atoms with Crippen LogP contribution < -0.4 is 4.90 Å². The summed E-state index contributed by atoms with van der Waals surface area (Å²) < 4.78 is 0. The summed E-state index contributed by atoms with van der Waals surface area (Å²) in [6.45, 7) is 32.8. The number of nitrogens with zero attached hydrogens (tertiary/aromatic N) is 1. The van der Waals surface area contributed by atoms with E-state index in [9.17, 15) is 0 Å². The lowest BCUT2D eigenvalue weighted by molar-refractivity contribution is 0.609. The Morgan fingerprint density at radius 2 is 1.50 bits per heavy atom. The zero-order valence-corrected chi connectivity index (χ0v) is 36.1. The van der Waals surface area contributed by atoms with Gasteiger partial charge < -0.3 is 4.90 Å². The smallest absolute Gasteiger partial charge is 0.0464 e. The van der Waals surface area contributed by atoms with Crippen molar-refractivity contribution in [2.45, 2.75) is 85.5 Å². The second-order valence-electron chi connectivity index (χ2n) is 17.2. The van der Waals surface area contributed by atoms with Crippen LogP contribution in [0.5, 0.6) is 0 Å². The maximum atomic E-state index is 4.26. The minimum atomic E-state index is -0.115. The minimum Gasteiger partial charge on any atom is -0.315 e. The average Bonchev–Trinajstić information content (AvgIpc) is 3.59. The fourth-order valence-corrected chi connectivity index (χ4v) is 9.69. The standard InChI is InChI=1S/C57H59N/c1-13-16-21-37(4)39(6)34-43(15-3)42(14-2)27-26-40(7)58(45-28-30-49-48-24-19-20-25-51(48)57(11,12)54(49)36-45)44-29-32-52-50(35-44)55-41(8)47(31-33-53(55)56(52,9)10)46-23-18-17-22-38(46)5/h13-29,31-36,49H,1-2,4,30H2,3,5-12H3/b21-16-,39-34+,40-26+,42-27+,43-15+. The van der Waals surface area contributed by atoms with Gasteiger partial charge in [0.1, 0.15) is 0 Å². The molecular weight excluding hydrogens is 699 g/mol. The molecule has 3 aliphatic rings. The van der Waals surface area contributed by atoms with Crippen molar-refractivity contribution < 1.29 is 0 Å². The van der Waals surface area contributed by atoms with Gasteiger partial charge in [-0.05, 0) is 143 Å². The van der Waals surface area contributed by atoms with Crippen molar-refractivity contribution in [3.63, 3.8) is 0 Å². The molecule has 0 amide bonds. The van der Waals surface area contributed by atoms with Crippen LogP contribution >= 0.6 is 0 Å². The van der Waals surface area contributed by atoms with Crippen molar-refractivity contribution >= 4 is 5.69 Å². The van der Waals surface area contributed by atoms with E-state index >= 15 is 0 Å². The maximum Gasteiger partial charge on any atom is 0.0464 e. The zero-order chi connectivity index (χ0) is 41.5. The summed E-state index contributed by atoms with van der Waals surface area (Å²) in [6, 6.07) is 29.7. The van der Waals surface area contributed by atoms with Crippen LogP contribution in [0.2, 0.25) is 0 Å². The summed E-state index contributed by atoms with van der Waals surface area (Å²) in [6.07, 6.45) is 22.3. The lowest BCUT2D eigenvalue weighted by Crippen LogP contribution is -2.24. The third-order valence-electron chi connectivity index (χ3n) is 13.0. The topological polar surface area (TPSA) is 3.24 Å². The van der Waals surface area contributed by atoms with Crippen LogP contribution in [-0.4, -0.2) is 0 Å². The molecule has 1 unspecified atom stereocenters. The Balaban J connectivity index is 1.38. The van der Waals surface area contributed by atoms with Crippen molar-refractivity contribution in [3.8, 4) is 22.3 Å². The van der Waals surface area contributed by atoms with Crippen LogP contribution in [0.1, 0.15) is 94.2 Å². The van der Waals surface area contributed by atoms with Crippen LogP contribution in [-0.2, 0) is 10.8 Å². The number of hydrogen-bond donors (Lipinski definition) is 0. The molecule has 0 bridgehead atoms. The van der Waals surface area contributed by atoms with Gasteiger partial charge in [-0.25, -0.2) is 0 Å². The van der Waals surface area contributed by atoms with E-state index < -0.39 is 0 Å². The Bertz CT molecular complexity index is 2580. The van der Waals surface area contributed by atoms with Gasteiger partial charge in [-0.3, -0.25) is 0 Å². The highest BCUT2D eigenvalue weighted by atomic mass is 15.1. The van der Waals surface area contributed by atoms with E-state index in [1.807, 2.05) is 18.2 Å². The van der Waals surface area contributed by atoms with Crippen LogP contribution in [0.15, 0.2) is 199 Å². The molecule has 1 nitrogen and oxygen atoms in total. The molecule has 58 heavy (non-hydrogen) atoms. The van der Waals surface area contributed by atoms with E-state index in [1.165, 1.54) is 66.9 Å². The Labute approximate surface area is 348 Å². The molecule has 0 saturated heterocycles. The predicted octanol–water partition coefficient (Wildman–Crippen LogP) is 15.6. The largest absolute Gasteiger partial charge is 0.315 e. The molecule has 4 aromatic rings. The van der Waals surface area contributed by atoms with Crippen LogP contribution in [0.25, 0.3) is 22.3 Å². The van der Waals surface area contributed by atoms with Crippen molar-refractivity contribution in [2.24, 2.45) is 0 Å². The van der Waals surface area contributed by atoms with Gasteiger partial charge in [0.2, 0.25) is 0 Å². The number of rotatable bonds is 11. The molecule has 7 rings (SSSR count). The first-order chi connectivity index (χ1) is 27.7. The first kappa shape index (κ1) is 40.3. The Hall–Kier alpha value is -5.92. The summed E-state index contributed by atoms with van der Waals surface area (Å²) in [5.74, 6) is 0.395. The highest BCUT2D eigenvalue weighted by Gasteiger charge is 2.43. The number of hydrogen-bond acceptors (Lipinski definition) is 1. The molecule has 0 radical (unpaired) electrons. The summed E-state index contributed by atoms with van der Waals surface area (Å²) in [7, 11) is 0. The summed E-state index contributed by atoms with van der Waals surface area (Å²) in [4.78, 5) is 2.48. The monoisotopic (exact) mass is 757 g/mol. The molecule has 3 aliphatic carbocycles. The van der Waals surface area contributed by atoms with Crippen molar-refractivity contribution in [1.82, 2.24) is 0 Å². The lowest BCUT2D eigenvalue weighted by atomic mass is 9.78. The molecule has 0 spiro atoms. The molecule has 0 saturated carbocycles. The van der Waals surface area contributed by atoms with E-state index in [1.54, 1.807) is 6.08 Å². The van der Waals surface area contributed by atoms with Crippen molar-refractivity contribution in [3.05, 3.63) is 232 Å². The predicted molar refractivity (Wildman–Crippen MR) is 252 cm³/mol. The van der Waals surface area contributed by atoms with Crippen LogP contribution in [0.3, 0.4) is 0 Å². The number of aryl methyl sites for hydroxylation is 1. The number of fused-ring (bicyclic) bond motifs is 6. The first-order valence-corrected chi connectivity index (χ1v) is 20.8. The second-order valence-corrected chi connectivity index (χ2v) is 17.2. The van der Waals surface area contributed by atoms with Gasteiger partial charge in [-0.15, -0.1) is 0 Å². The molecule has 1 atom stereocenters. The molecule has 0 heterocycles. The fraction of sp³-hybridized carbons (Fsp3) is 0.228. The van der Waals surface area contributed by atoms with Gasteiger partial charge in [-0.2, -0.15) is 0 Å². The lowest BCUT2D eigenvalue weighted by Gasteiger charge is -2.33. The number of benzene rings is 4. The van der Waals surface area contributed by atoms with Gasteiger partial charge in [0.25, 0.3) is 0 Å². The molecule has 0 fully saturated rings. The number of anilines is 1. The Morgan fingerprint density at radius 1 is 0.776 bits per heavy atom. The van der Waals surface area contributed by atoms with Crippen LogP contribution in [0.4, 0.5) is 5.69 Å². The van der Waals surface area contributed by atoms with E-state index in [0.29, 0.717) is 5.92 Å². The molecule has 0 N–H and O–H groups in total. The minimum absolute atomic E-state index is 0.0557. The van der Waals surface area contributed by atoms with Gasteiger partial charge in [0.05, 0.1) is 0 Å². The highest BCUT2D eigenvalue weighted by Crippen LogP contribution is 2.55. The summed E-state index contributed by atoms with van der Waals surface area (Å²) in [5, 5.41) is 0. The molecule has 4 aromatic carbocycles. The molecule has 292 valence electrons. The van der Waals surface area contributed by atoms with Gasteiger partial charge >= 0.3 is 0 Å². The quantitative estimate of drug-likeness (QED) is 0.138. The first-order valence-electron chi connectivity index (χ1n) is 20.8. The third kappa shape index (κ3) is 6.92. The second kappa shape index (κ2) is 15.8. The Kier molecular flexibility index (Phi) is 11.0. The molecule has 1 heteroatoms. The Morgan fingerprint density at radius 3 is 2.22 bits per heavy atom. The van der Waals surface area contributed by atoms with E-state index in [2.05, 4.69) is 202 Å². The normalized spacial score (nSPS) is 18.2. The third-order valence-corrected chi connectivity index (χ3v) is 13.0.